The molecular weight excluding hydrogens is 98.5 g/mol. The summed E-state index contributed by atoms with van der Waals surface area (Å²) < 4.78 is 4.45. The second-order valence-electron chi connectivity index (χ2n) is 2.42. The lowest BCUT2D eigenvalue weighted by Gasteiger charge is -2.27. The van der Waals surface area contributed by atoms with E-state index in [4.69, 9.17) is 0 Å². The van der Waals surface area contributed by atoms with Crippen molar-refractivity contribution in [2.45, 2.75) is 0 Å². The number of nitrogens with zero attached hydrogens (tertiary/aromatic N) is 2. The topological polar surface area (TPSA) is 18.5 Å². The number of hydrogen-bond acceptors (Lipinski definition) is 3. The Labute approximate surface area is 52.3 Å². The third-order valence-electron chi connectivity index (χ3n) is 1.25. The minimum atomic E-state index is 1.02. The fraction of sp³-hybridized carbons (Fsp3) is 1.00. The zero-order valence-electron chi connectivity index (χ0n) is 5.52. The van der Waals surface area contributed by atoms with Crippen LogP contribution in [0.15, 0.2) is 0 Å². The number of hydrogen-bond donors (Lipinski definition) is 1. The number of nitrogens with one attached hydrogen (secondary N) is 1. The molecule has 1 aliphatic heterocycles. The van der Waals surface area contributed by atoms with E-state index in [-0.39, 0.29) is 0 Å². The van der Waals surface area contributed by atoms with Crippen LogP contribution in [-0.4, -0.2) is 46.2 Å². The van der Waals surface area contributed by atoms with Crippen molar-refractivity contribution in [2.24, 2.45) is 0 Å². The van der Waals surface area contributed by atoms with Crippen LogP contribution in [0.5, 0.6) is 0 Å². The molecular formula is C2H10B3N3. The molecule has 1 heterocycles. The highest BCUT2D eigenvalue weighted by Crippen LogP contribution is 1.81. The normalized spacial score (nSPS) is 23.2. The zero-order valence-corrected chi connectivity index (χ0v) is 5.52. The third-order valence-corrected chi connectivity index (χ3v) is 1.25. The van der Waals surface area contributed by atoms with Crippen molar-refractivity contribution in [3.63, 3.8) is 0 Å². The molecule has 8 heavy (non-hydrogen) atoms. The fourth-order valence-electron chi connectivity index (χ4n) is 0.944. The van der Waals surface area contributed by atoms with Crippen LogP contribution in [0.3, 0.4) is 0 Å². The minimum Gasteiger partial charge on any atom is -0.377 e. The first kappa shape index (κ1) is 6.20. The Bertz CT molecular complexity index is 70.9. The van der Waals surface area contributed by atoms with Crippen LogP contribution in [0.4, 0.5) is 0 Å². The predicted octanol–water partition coefficient (Wildman–Crippen LogP) is -2.75. The lowest BCUT2D eigenvalue weighted by molar-refractivity contribution is 0.691. The zero-order chi connectivity index (χ0) is 5.98. The van der Waals surface area contributed by atoms with E-state index >= 15 is 0 Å². The van der Waals surface area contributed by atoms with Gasteiger partial charge in [0.05, 0.1) is 0 Å². The quantitative estimate of drug-likeness (QED) is 0.340. The summed E-state index contributed by atoms with van der Waals surface area (Å²) in [5, 5.41) is 3.24. The van der Waals surface area contributed by atoms with Crippen LogP contribution in [0.25, 0.3) is 0 Å². The van der Waals surface area contributed by atoms with Crippen molar-refractivity contribution in [3.8, 4) is 0 Å². The second kappa shape index (κ2) is 2.57. The van der Waals surface area contributed by atoms with Gasteiger partial charge in [0.15, 0.2) is 0 Å². The van der Waals surface area contributed by atoms with Crippen LogP contribution in [0.1, 0.15) is 0 Å². The minimum absolute atomic E-state index is 1.02. The summed E-state index contributed by atoms with van der Waals surface area (Å²) in [5.41, 5.74) is 0. The molecule has 1 fully saturated rings. The fourth-order valence-corrected chi connectivity index (χ4v) is 0.944. The van der Waals surface area contributed by atoms with Gasteiger partial charge < -0.3 is 14.6 Å². The first-order valence-corrected chi connectivity index (χ1v) is 2.87. The van der Waals surface area contributed by atoms with Crippen LogP contribution in [0, 0.1) is 0 Å². The molecule has 6 heteroatoms. The highest BCUT2D eigenvalue weighted by molar-refractivity contribution is 6.64. The largest absolute Gasteiger partial charge is 0.377 e. The van der Waals surface area contributed by atoms with E-state index < -0.39 is 0 Å². The van der Waals surface area contributed by atoms with E-state index in [1.165, 1.54) is 0 Å². The van der Waals surface area contributed by atoms with Gasteiger partial charge in [-0.15, -0.1) is 0 Å². The van der Waals surface area contributed by atoms with Crippen LogP contribution >= 0.6 is 0 Å². The van der Waals surface area contributed by atoms with Crippen molar-refractivity contribution in [3.05, 3.63) is 0 Å². The van der Waals surface area contributed by atoms with Crippen LogP contribution in [0.2, 0.25) is 0 Å². The molecule has 0 saturated carbocycles. The van der Waals surface area contributed by atoms with Crippen molar-refractivity contribution in [2.75, 3.05) is 14.1 Å². The lowest BCUT2D eigenvalue weighted by atomic mass is 9.79. The summed E-state index contributed by atoms with van der Waals surface area (Å²) in [6, 6.07) is 0. The van der Waals surface area contributed by atoms with Crippen LogP contribution in [-0.2, 0) is 0 Å². The molecule has 0 aromatic heterocycles. The van der Waals surface area contributed by atoms with E-state index in [1.54, 1.807) is 0 Å². The molecule has 42 valence electrons. The predicted molar refractivity (Wildman–Crippen MR) is 40.1 cm³/mol. The molecule has 1 saturated heterocycles. The molecule has 0 unspecified atom stereocenters. The summed E-state index contributed by atoms with van der Waals surface area (Å²) >= 11 is 0. The summed E-state index contributed by atoms with van der Waals surface area (Å²) in [6.07, 6.45) is 0. The molecule has 0 bridgehead atoms. The summed E-state index contributed by atoms with van der Waals surface area (Å²) in [6.45, 7) is 0. The maximum Gasteiger partial charge on any atom is 0.270 e. The van der Waals surface area contributed by atoms with E-state index in [9.17, 15) is 0 Å². The van der Waals surface area contributed by atoms with Gasteiger partial charge in [-0.2, -0.15) is 0 Å². The van der Waals surface area contributed by atoms with Gasteiger partial charge in [-0.25, -0.2) is 0 Å². The maximum absolute atomic E-state index is 3.24. The van der Waals surface area contributed by atoms with Crippen molar-refractivity contribution < 1.29 is 0 Å². The average Bonchev–Trinajstić information content (AvgIpc) is 1.64. The van der Waals surface area contributed by atoms with Gasteiger partial charge in [-0.05, 0) is 14.1 Å². The monoisotopic (exact) mass is 109 g/mol. The summed E-state index contributed by atoms with van der Waals surface area (Å²) in [4.78, 5) is 0. The highest BCUT2D eigenvalue weighted by atomic mass is 15.2. The van der Waals surface area contributed by atoms with Gasteiger partial charge in [0.1, 0.15) is 0 Å². The van der Waals surface area contributed by atoms with Crippen LogP contribution < -0.4 is 5.14 Å². The Hall–Kier alpha value is 0.0748. The van der Waals surface area contributed by atoms with Gasteiger partial charge in [0.2, 0.25) is 0 Å². The van der Waals surface area contributed by atoms with Crippen molar-refractivity contribution in [1.82, 2.24) is 14.6 Å². The van der Waals surface area contributed by atoms with Gasteiger partial charge >= 0.3 is 0 Å². The summed E-state index contributed by atoms with van der Waals surface area (Å²) in [7, 11) is 7.31. The van der Waals surface area contributed by atoms with Crippen molar-refractivity contribution in [1.29, 1.82) is 0 Å². The van der Waals surface area contributed by atoms with E-state index in [0.717, 1.165) is 22.6 Å². The summed E-state index contributed by atoms with van der Waals surface area (Å²) in [5.74, 6) is 0. The van der Waals surface area contributed by atoms with Gasteiger partial charge in [-0.1, -0.05) is 0 Å². The van der Waals surface area contributed by atoms with E-state index in [2.05, 4.69) is 28.7 Å². The Morgan fingerprint density at radius 1 is 1.12 bits per heavy atom. The molecule has 0 aromatic carbocycles. The molecule has 1 rings (SSSR count). The first-order chi connectivity index (χ1) is 3.79. The molecule has 0 aromatic rings. The lowest BCUT2D eigenvalue weighted by Crippen LogP contribution is -2.56. The van der Waals surface area contributed by atoms with Crippen molar-refractivity contribution >= 4 is 22.6 Å². The number of rotatable bonds is 0. The Morgan fingerprint density at radius 2 is 1.62 bits per heavy atom. The molecule has 3 nitrogen and oxygen atoms in total. The molecule has 0 spiro atoms. The molecule has 0 radical (unpaired) electrons. The van der Waals surface area contributed by atoms with E-state index in [1.807, 2.05) is 0 Å². The smallest absolute Gasteiger partial charge is 0.270 e. The van der Waals surface area contributed by atoms with Gasteiger partial charge in [0, 0.05) is 0 Å². The standard InChI is InChI=1S/C2H10B3N3/c1-7-3-6-4-8(2)5-7/h3-6H,1-2H3. The Kier molecular flexibility index (Phi) is 1.99. The molecule has 0 amide bonds. The second-order valence-corrected chi connectivity index (χ2v) is 2.42. The molecule has 0 atom stereocenters. The Morgan fingerprint density at radius 3 is 1.88 bits per heavy atom. The average molecular weight is 109 g/mol. The Balaban J connectivity index is 2.23. The molecule has 1 aliphatic rings. The van der Waals surface area contributed by atoms with Gasteiger partial charge in [0.25, 0.3) is 22.6 Å². The van der Waals surface area contributed by atoms with E-state index in [0.29, 0.717) is 0 Å². The first-order valence-electron chi connectivity index (χ1n) is 2.87. The SMILES string of the molecule is CN1BNBN(C)B1. The maximum atomic E-state index is 3.24. The molecule has 1 N–H and O–H groups in total. The third kappa shape index (κ3) is 1.54. The van der Waals surface area contributed by atoms with Gasteiger partial charge in [-0.3, -0.25) is 0 Å². The highest BCUT2D eigenvalue weighted by Gasteiger charge is 2.13. The molecule has 0 aliphatic carbocycles.